The Balaban J connectivity index is 1.55. The van der Waals surface area contributed by atoms with Crippen LogP contribution in [0.2, 0.25) is 0 Å². The number of methoxy groups -OCH3 is 1. The number of nitrogens with zero attached hydrogens (tertiary/aromatic N) is 4. The van der Waals surface area contributed by atoms with Gasteiger partial charge in [0.15, 0.2) is 11.0 Å². The van der Waals surface area contributed by atoms with Gasteiger partial charge in [0.2, 0.25) is 0 Å². The molecule has 0 bridgehead atoms. The van der Waals surface area contributed by atoms with Crippen LogP contribution in [0.3, 0.4) is 0 Å². The van der Waals surface area contributed by atoms with Crippen molar-refractivity contribution in [3.63, 3.8) is 0 Å². The van der Waals surface area contributed by atoms with Crippen molar-refractivity contribution in [2.24, 2.45) is 0 Å². The molecule has 1 fully saturated rings. The summed E-state index contributed by atoms with van der Waals surface area (Å²) in [5.74, 6) is 1.12. The Hall–Kier alpha value is -3.24. The number of carbonyl (C=O) groups is 1. The Morgan fingerprint density at radius 3 is 2.66 bits per heavy atom. The standard InChI is InChI=1S/C22H23N5O4S/c1-31-13-12-26-20(15-6-10-18(11-7-15)27(29)30)24-25-22(26)32-14-16-4-2-3-5-19(16)21(28)23-17-8-9-17/h2-7,10-11,17H,8-9,12-14H2,1H3,(H,23,28). The SMILES string of the molecule is COCCn1c(SCc2ccccc2C(=O)NC2CC2)nnc1-c1ccc([N+](=O)[O-])cc1. The Kier molecular flexibility index (Phi) is 6.81. The lowest BCUT2D eigenvalue weighted by Gasteiger charge is -2.11. The summed E-state index contributed by atoms with van der Waals surface area (Å²) in [5, 5.41) is 23.3. The number of nitro benzene ring substituents is 1. The molecular weight excluding hydrogens is 430 g/mol. The molecule has 1 saturated carbocycles. The second-order valence-corrected chi connectivity index (χ2v) is 8.39. The summed E-state index contributed by atoms with van der Waals surface area (Å²) in [4.78, 5) is 23.1. The van der Waals surface area contributed by atoms with E-state index in [1.807, 2.05) is 28.8 Å². The molecule has 0 spiro atoms. The third-order valence-corrected chi connectivity index (χ3v) is 6.12. The fraction of sp³-hybridized carbons (Fsp3) is 0.318. The van der Waals surface area contributed by atoms with Crippen LogP contribution in [-0.4, -0.2) is 45.4 Å². The number of carbonyl (C=O) groups excluding carboxylic acids is 1. The zero-order chi connectivity index (χ0) is 22.5. The van der Waals surface area contributed by atoms with E-state index < -0.39 is 4.92 Å². The lowest BCUT2D eigenvalue weighted by molar-refractivity contribution is -0.384. The van der Waals surface area contributed by atoms with Gasteiger partial charge in [0.1, 0.15) is 0 Å². The summed E-state index contributed by atoms with van der Waals surface area (Å²) in [7, 11) is 1.62. The van der Waals surface area contributed by atoms with E-state index in [2.05, 4.69) is 15.5 Å². The Morgan fingerprint density at radius 1 is 1.22 bits per heavy atom. The summed E-state index contributed by atoms with van der Waals surface area (Å²) < 4.78 is 7.17. The van der Waals surface area contributed by atoms with E-state index >= 15 is 0 Å². The first-order valence-corrected chi connectivity index (χ1v) is 11.2. The molecule has 166 valence electrons. The molecular formula is C22H23N5O4S. The molecule has 4 rings (SSSR count). The summed E-state index contributed by atoms with van der Waals surface area (Å²) in [5.41, 5.74) is 2.35. The van der Waals surface area contributed by atoms with E-state index in [4.69, 9.17) is 4.74 Å². The van der Waals surface area contributed by atoms with Crippen molar-refractivity contribution in [3.05, 3.63) is 69.8 Å². The second kappa shape index (κ2) is 9.92. The summed E-state index contributed by atoms with van der Waals surface area (Å²) >= 11 is 1.49. The van der Waals surface area contributed by atoms with Crippen LogP contribution in [0, 0.1) is 10.1 Å². The van der Waals surface area contributed by atoms with Crippen molar-refractivity contribution >= 4 is 23.4 Å². The maximum absolute atomic E-state index is 12.6. The highest BCUT2D eigenvalue weighted by molar-refractivity contribution is 7.98. The minimum Gasteiger partial charge on any atom is -0.383 e. The van der Waals surface area contributed by atoms with E-state index in [0.29, 0.717) is 41.5 Å². The normalized spacial score (nSPS) is 13.2. The number of nitro groups is 1. The monoisotopic (exact) mass is 453 g/mol. The molecule has 10 heteroatoms. The van der Waals surface area contributed by atoms with Gasteiger partial charge >= 0.3 is 0 Å². The smallest absolute Gasteiger partial charge is 0.269 e. The highest BCUT2D eigenvalue weighted by atomic mass is 32.2. The molecule has 1 aliphatic rings. The van der Waals surface area contributed by atoms with E-state index in [1.165, 1.54) is 23.9 Å². The van der Waals surface area contributed by atoms with Gasteiger partial charge in [0.25, 0.3) is 11.6 Å². The number of non-ortho nitro benzene ring substituents is 1. The molecule has 0 radical (unpaired) electrons. The number of aromatic nitrogens is 3. The zero-order valence-electron chi connectivity index (χ0n) is 17.6. The largest absolute Gasteiger partial charge is 0.383 e. The van der Waals surface area contributed by atoms with Crippen LogP contribution in [0.5, 0.6) is 0 Å². The number of hydrogen-bond donors (Lipinski definition) is 1. The fourth-order valence-corrected chi connectivity index (χ4v) is 4.19. The topological polar surface area (TPSA) is 112 Å². The molecule has 1 amide bonds. The van der Waals surface area contributed by atoms with Gasteiger partial charge < -0.3 is 10.1 Å². The van der Waals surface area contributed by atoms with Gasteiger partial charge in [-0.1, -0.05) is 30.0 Å². The number of amides is 1. The van der Waals surface area contributed by atoms with Crippen molar-refractivity contribution in [2.75, 3.05) is 13.7 Å². The molecule has 1 heterocycles. The highest BCUT2D eigenvalue weighted by Crippen LogP contribution is 2.29. The third-order valence-electron chi connectivity index (χ3n) is 5.10. The molecule has 0 unspecified atom stereocenters. The lowest BCUT2D eigenvalue weighted by atomic mass is 10.1. The maximum Gasteiger partial charge on any atom is 0.269 e. The first-order valence-electron chi connectivity index (χ1n) is 10.3. The van der Waals surface area contributed by atoms with Gasteiger partial charge in [-0.05, 0) is 36.6 Å². The van der Waals surface area contributed by atoms with E-state index in [-0.39, 0.29) is 11.6 Å². The molecule has 9 nitrogen and oxygen atoms in total. The van der Waals surface area contributed by atoms with Crippen LogP contribution in [-0.2, 0) is 17.0 Å². The fourth-order valence-electron chi connectivity index (χ4n) is 3.23. The molecule has 3 aromatic rings. The van der Waals surface area contributed by atoms with Gasteiger partial charge in [0, 0.05) is 42.2 Å². The second-order valence-electron chi connectivity index (χ2n) is 7.45. The maximum atomic E-state index is 12.6. The number of benzene rings is 2. The predicted octanol–water partition coefficient (Wildman–Crippen LogP) is 3.68. The van der Waals surface area contributed by atoms with Crippen LogP contribution in [0.25, 0.3) is 11.4 Å². The first-order chi connectivity index (χ1) is 15.6. The van der Waals surface area contributed by atoms with E-state index in [9.17, 15) is 14.9 Å². The van der Waals surface area contributed by atoms with Gasteiger partial charge in [-0.2, -0.15) is 0 Å². The number of nitrogens with one attached hydrogen (secondary N) is 1. The van der Waals surface area contributed by atoms with E-state index in [0.717, 1.165) is 24.0 Å². The molecule has 1 aliphatic carbocycles. The van der Waals surface area contributed by atoms with Crippen molar-refractivity contribution in [1.29, 1.82) is 0 Å². The Labute approximate surface area is 189 Å². The Bertz CT molecular complexity index is 1110. The molecule has 0 atom stereocenters. The van der Waals surface area contributed by atoms with Gasteiger partial charge in [-0.25, -0.2) is 0 Å². The van der Waals surface area contributed by atoms with E-state index in [1.54, 1.807) is 19.2 Å². The van der Waals surface area contributed by atoms with Crippen molar-refractivity contribution in [1.82, 2.24) is 20.1 Å². The quantitative estimate of drug-likeness (QED) is 0.283. The number of ether oxygens (including phenoxy) is 1. The van der Waals surface area contributed by atoms with Crippen LogP contribution in [0.15, 0.2) is 53.7 Å². The minimum atomic E-state index is -0.433. The summed E-state index contributed by atoms with van der Waals surface area (Å²) in [6.07, 6.45) is 2.08. The van der Waals surface area contributed by atoms with Crippen molar-refractivity contribution in [3.8, 4) is 11.4 Å². The van der Waals surface area contributed by atoms with Gasteiger partial charge in [-0.15, -0.1) is 10.2 Å². The third kappa shape index (κ3) is 5.14. The number of rotatable bonds is 10. The van der Waals surface area contributed by atoms with Gasteiger partial charge in [-0.3, -0.25) is 19.5 Å². The molecule has 32 heavy (non-hydrogen) atoms. The molecule has 2 aromatic carbocycles. The van der Waals surface area contributed by atoms with Crippen molar-refractivity contribution < 1.29 is 14.5 Å². The highest BCUT2D eigenvalue weighted by Gasteiger charge is 2.25. The van der Waals surface area contributed by atoms with Crippen LogP contribution >= 0.6 is 11.8 Å². The predicted molar refractivity (Wildman–Crippen MR) is 120 cm³/mol. The molecule has 0 saturated heterocycles. The average molecular weight is 454 g/mol. The molecule has 1 aromatic heterocycles. The first kappa shape index (κ1) is 22.0. The van der Waals surface area contributed by atoms with Crippen LogP contribution in [0.1, 0.15) is 28.8 Å². The zero-order valence-corrected chi connectivity index (χ0v) is 18.4. The summed E-state index contributed by atoms with van der Waals surface area (Å²) in [6, 6.07) is 14.1. The van der Waals surface area contributed by atoms with Crippen LogP contribution in [0.4, 0.5) is 5.69 Å². The van der Waals surface area contributed by atoms with Crippen molar-refractivity contribution in [2.45, 2.75) is 36.3 Å². The minimum absolute atomic E-state index is 0.0207. The molecule has 1 N–H and O–H groups in total. The molecule has 0 aliphatic heterocycles. The van der Waals surface area contributed by atoms with Gasteiger partial charge in [0.05, 0.1) is 18.1 Å². The average Bonchev–Trinajstić information content (AvgIpc) is 3.53. The number of hydrogen-bond acceptors (Lipinski definition) is 7. The summed E-state index contributed by atoms with van der Waals surface area (Å²) in [6.45, 7) is 0.994. The number of thioether (sulfide) groups is 1. The lowest BCUT2D eigenvalue weighted by Crippen LogP contribution is -2.26. The van der Waals surface area contributed by atoms with Crippen LogP contribution < -0.4 is 5.32 Å². The Morgan fingerprint density at radius 2 is 1.97 bits per heavy atom.